The van der Waals surface area contributed by atoms with E-state index in [9.17, 15) is 13.2 Å². The summed E-state index contributed by atoms with van der Waals surface area (Å²) in [6, 6.07) is 0.0538. The van der Waals surface area contributed by atoms with Crippen LogP contribution in [-0.4, -0.2) is 68.0 Å². The van der Waals surface area contributed by atoms with Crippen LogP contribution in [0.25, 0.3) is 0 Å². The first-order chi connectivity index (χ1) is 8.42. The van der Waals surface area contributed by atoms with Gasteiger partial charge in [0, 0.05) is 38.8 Å². The molecule has 1 atom stereocenters. The summed E-state index contributed by atoms with van der Waals surface area (Å²) in [7, 11) is -3.47. The van der Waals surface area contributed by atoms with E-state index in [1.807, 2.05) is 6.92 Å². The minimum Gasteiger partial charge on any atom is -0.337 e. The Bertz CT molecular complexity index is 379. The van der Waals surface area contributed by atoms with Gasteiger partial charge in [-0.3, -0.25) is 4.79 Å². The van der Waals surface area contributed by atoms with Crippen LogP contribution in [0.1, 0.15) is 20.8 Å². The lowest BCUT2D eigenvalue weighted by Gasteiger charge is -2.34. The van der Waals surface area contributed by atoms with Crippen LogP contribution >= 0.6 is 0 Å². The molecule has 1 heterocycles. The van der Waals surface area contributed by atoms with Crippen LogP contribution in [0.15, 0.2) is 0 Å². The fourth-order valence-electron chi connectivity index (χ4n) is 2.16. The molecular formula is C11H23N3O3S. The highest BCUT2D eigenvalue weighted by atomic mass is 32.2. The van der Waals surface area contributed by atoms with Gasteiger partial charge < -0.3 is 10.2 Å². The molecule has 0 bridgehead atoms. The fourth-order valence-corrected chi connectivity index (χ4v) is 3.61. The van der Waals surface area contributed by atoms with E-state index in [0.717, 1.165) is 13.1 Å². The van der Waals surface area contributed by atoms with Gasteiger partial charge in [0.05, 0.1) is 0 Å². The Labute approximate surface area is 109 Å². The summed E-state index contributed by atoms with van der Waals surface area (Å²) in [6.07, 6.45) is 0. The monoisotopic (exact) mass is 277 g/mol. The molecule has 1 saturated heterocycles. The van der Waals surface area contributed by atoms with Gasteiger partial charge in [0.15, 0.2) is 0 Å². The van der Waals surface area contributed by atoms with Crippen molar-refractivity contribution in [3.8, 4) is 0 Å². The van der Waals surface area contributed by atoms with E-state index in [1.165, 1.54) is 4.31 Å². The Morgan fingerprint density at radius 1 is 1.39 bits per heavy atom. The molecule has 0 aromatic rings. The van der Waals surface area contributed by atoms with Crippen LogP contribution in [0, 0.1) is 0 Å². The van der Waals surface area contributed by atoms with Crippen molar-refractivity contribution in [3.63, 3.8) is 0 Å². The molecule has 106 valence electrons. The minimum absolute atomic E-state index is 0.0538. The van der Waals surface area contributed by atoms with Crippen molar-refractivity contribution in [2.24, 2.45) is 0 Å². The molecule has 0 spiro atoms. The quantitative estimate of drug-likeness (QED) is 0.734. The molecule has 0 aliphatic carbocycles. The predicted molar refractivity (Wildman–Crippen MR) is 70.8 cm³/mol. The summed E-state index contributed by atoms with van der Waals surface area (Å²) in [4.78, 5) is 13.7. The molecule has 1 N–H and O–H groups in total. The van der Waals surface area contributed by atoms with Crippen molar-refractivity contribution in [1.29, 1.82) is 0 Å². The molecule has 6 nitrogen and oxygen atoms in total. The van der Waals surface area contributed by atoms with Crippen LogP contribution in [0.4, 0.5) is 0 Å². The number of carbonyl (C=O) groups excluding carboxylic acids is 1. The number of nitrogens with one attached hydrogen (secondary N) is 1. The molecule has 0 saturated carbocycles. The maximum Gasteiger partial charge on any atom is 0.239 e. The fraction of sp³-hybridized carbons (Fsp3) is 0.909. The molecule has 1 aliphatic heterocycles. The Kier molecular flexibility index (Phi) is 5.55. The second-order valence-electron chi connectivity index (χ2n) is 4.48. The van der Waals surface area contributed by atoms with Gasteiger partial charge in [-0.1, -0.05) is 13.8 Å². The first-order valence-electron chi connectivity index (χ1n) is 6.40. The van der Waals surface area contributed by atoms with Crippen molar-refractivity contribution in [3.05, 3.63) is 0 Å². The highest BCUT2D eigenvalue weighted by molar-refractivity contribution is 7.89. The van der Waals surface area contributed by atoms with Crippen LogP contribution in [0.3, 0.4) is 0 Å². The maximum absolute atomic E-state index is 12.1. The molecule has 0 radical (unpaired) electrons. The Morgan fingerprint density at radius 3 is 2.50 bits per heavy atom. The standard InChI is InChI=1S/C11H23N3O3S/c1-4-13(5-2)18(16,17)9-11(15)14-7-6-12-8-10(14)3/h10,12H,4-9H2,1-3H3. The highest BCUT2D eigenvalue weighted by Crippen LogP contribution is 2.07. The van der Waals surface area contributed by atoms with Gasteiger partial charge >= 0.3 is 0 Å². The smallest absolute Gasteiger partial charge is 0.239 e. The van der Waals surface area contributed by atoms with Crippen molar-refractivity contribution < 1.29 is 13.2 Å². The zero-order chi connectivity index (χ0) is 13.8. The number of rotatable bonds is 5. The van der Waals surface area contributed by atoms with Crippen molar-refractivity contribution in [1.82, 2.24) is 14.5 Å². The number of nitrogens with zero attached hydrogens (tertiary/aromatic N) is 2. The van der Waals surface area contributed by atoms with Crippen molar-refractivity contribution in [2.45, 2.75) is 26.8 Å². The normalized spacial score (nSPS) is 21.3. The summed E-state index contributed by atoms with van der Waals surface area (Å²) in [6.45, 7) is 8.31. The molecule has 1 rings (SSSR count). The van der Waals surface area contributed by atoms with E-state index < -0.39 is 15.8 Å². The van der Waals surface area contributed by atoms with Gasteiger partial charge in [-0.2, -0.15) is 0 Å². The molecule has 18 heavy (non-hydrogen) atoms. The minimum atomic E-state index is -3.47. The largest absolute Gasteiger partial charge is 0.337 e. The number of carbonyl (C=O) groups is 1. The second kappa shape index (κ2) is 6.49. The average molecular weight is 277 g/mol. The van der Waals surface area contributed by atoms with Gasteiger partial charge in [-0.15, -0.1) is 0 Å². The number of amides is 1. The first kappa shape index (κ1) is 15.4. The zero-order valence-electron chi connectivity index (χ0n) is 11.3. The van der Waals surface area contributed by atoms with Crippen LogP contribution in [-0.2, 0) is 14.8 Å². The van der Waals surface area contributed by atoms with Gasteiger partial charge in [0.2, 0.25) is 15.9 Å². The third kappa shape index (κ3) is 3.66. The Hall–Kier alpha value is -0.660. The summed E-state index contributed by atoms with van der Waals surface area (Å²) >= 11 is 0. The summed E-state index contributed by atoms with van der Waals surface area (Å²) in [5.74, 6) is -0.713. The zero-order valence-corrected chi connectivity index (χ0v) is 12.2. The maximum atomic E-state index is 12.1. The molecule has 0 aromatic heterocycles. The Balaban J connectivity index is 2.68. The molecular weight excluding hydrogens is 254 g/mol. The number of piperazine rings is 1. The summed E-state index contributed by atoms with van der Waals surface area (Å²) < 4.78 is 25.4. The second-order valence-corrected chi connectivity index (χ2v) is 6.45. The molecule has 1 amide bonds. The molecule has 1 unspecified atom stereocenters. The highest BCUT2D eigenvalue weighted by Gasteiger charge is 2.29. The molecule has 1 aliphatic rings. The predicted octanol–water partition coefficient (Wildman–Crippen LogP) is -0.522. The van der Waals surface area contributed by atoms with Crippen LogP contribution in [0.5, 0.6) is 0 Å². The lowest BCUT2D eigenvalue weighted by Crippen LogP contribution is -2.54. The third-order valence-electron chi connectivity index (χ3n) is 3.23. The topological polar surface area (TPSA) is 69.7 Å². The van der Waals surface area contributed by atoms with Gasteiger partial charge in [-0.25, -0.2) is 12.7 Å². The molecule has 1 fully saturated rings. The van der Waals surface area contributed by atoms with Gasteiger partial charge in [-0.05, 0) is 6.92 Å². The lowest BCUT2D eigenvalue weighted by molar-refractivity contribution is -0.131. The van der Waals surface area contributed by atoms with Crippen LogP contribution < -0.4 is 5.32 Å². The van der Waals surface area contributed by atoms with Crippen molar-refractivity contribution in [2.75, 3.05) is 38.5 Å². The van der Waals surface area contributed by atoms with E-state index in [1.54, 1.807) is 18.7 Å². The average Bonchev–Trinajstić information content (AvgIpc) is 2.29. The first-order valence-corrected chi connectivity index (χ1v) is 8.01. The van der Waals surface area contributed by atoms with Crippen LogP contribution in [0.2, 0.25) is 0 Å². The van der Waals surface area contributed by atoms with E-state index in [-0.39, 0.29) is 11.9 Å². The van der Waals surface area contributed by atoms with Gasteiger partial charge in [0.1, 0.15) is 5.75 Å². The SMILES string of the molecule is CCN(CC)S(=O)(=O)CC(=O)N1CCNCC1C. The van der Waals surface area contributed by atoms with E-state index in [2.05, 4.69) is 5.32 Å². The van der Waals surface area contributed by atoms with E-state index in [0.29, 0.717) is 19.6 Å². The van der Waals surface area contributed by atoms with E-state index in [4.69, 9.17) is 0 Å². The number of hydrogen-bond donors (Lipinski definition) is 1. The van der Waals surface area contributed by atoms with E-state index >= 15 is 0 Å². The number of sulfonamides is 1. The molecule has 0 aromatic carbocycles. The summed E-state index contributed by atoms with van der Waals surface area (Å²) in [5, 5.41) is 3.17. The Morgan fingerprint density at radius 2 is 2.00 bits per heavy atom. The number of hydrogen-bond acceptors (Lipinski definition) is 4. The van der Waals surface area contributed by atoms with Crippen molar-refractivity contribution >= 4 is 15.9 Å². The third-order valence-corrected chi connectivity index (χ3v) is 5.14. The molecule has 7 heteroatoms. The summed E-state index contributed by atoms with van der Waals surface area (Å²) in [5.41, 5.74) is 0. The lowest BCUT2D eigenvalue weighted by atomic mass is 10.2. The van der Waals surface area contributed by atoms with Gasteiger partial charge in [0.25, 0.3) is 0 Å².